The van der Waals surface area contributed by atoms with Gasteiger partial charge in [-0.05, 0) is 68.1 Å². The van der Waals surface area contributed by atoms with E-state index in [9.17, 15) is 4.79 Å². The van der Waals surface area contributed by atoms with Gasteiger partial charge in [0.05, 0.1) is 0 Å². The van der Waals surface area contributed by atoms with Gasteiger partial charge in [0.15, 0.2) is 0 Å². The van der Waals surface area contributed by atoms with Crippen LogP contribution in [0, 0.1) is 11.8 Å². The Hall–Kier alpha value is 0.410. The van der Waals surface area contributed by atoms with Gasteiger partial charge in [-0.25, -0.2) is 4.79 Å². The Kier molecular flexibility index (Phi) is 8.77. The maximum atomic E-state index is 12.2. The quantitative estimate of drug-likeness (QED) is 0.180. The van der Waals surface area contributed by atoms with E-state index in [0.29, 0.717) is 33.7 Å². The van der Waals surface area contributed by atoms with Crippen molar-refractivity contribution < 1.29 is 14.3 Å². The second kappa shape index (κ2) is 9.91. The Bertz CT molecular complexity index is 713. The van der Waals surface area contributed by atoms with E-state index in [1.165, 1.54) is 5.56 Å². The molecule has 0 saturated heterocycles. The third-order valence-electron chi connectivity index (χ3n) is 5.94. The molecule has 7 heteroatoms. The Morgan fingerprint density at radius 3 is 2.00 bits per heavy atom. The minimum Gasteiger partial charge on any atom is -0.428 e. The number of halogens is 4. The highest BCUT2D eigenvalue weighted by Gasteiger charge is 2.45. The summed E-state index contributed by atoms with van der Waals surface area (Å²) in [6.45, 7) is 12.6. The van der Waals surface area contributed by atoms with Crippen LogP contribution in [0.3, 0.4) is 0 Å². The minimum atomic E-state index is -0.690. The van der Waals surface area contributed by atoms with Crippen molar-refractivity contribution >= 4 is 69.9 Å². The van der Waals surface area contributed by atoms with E-state index in [0.717, 1.165) is 21.8 Å². The van der Waals surface area contributed by atoms with Gasteiger partial charge in [-0.15, -0.1) is 0 Å². The van der Waals surface area contributed by atoms with Gasteiger partial charge in [0.1, 0.15) is 11.4 Å². The summed E-state index contributed by atoms with van der Waals surface area (Å²) in [6.07, 6.45) is 2.34. The summed E-state index contributed by atoms with van der Waals surface area (Å²) in [7, 11) is 0. The zero-order valence-corrected chi connectivity index (χ0v) is 24.2. The van der Waals surface area contributed by atoms with E-state index >= 15 is 0 Å². The molecule has 0 bridgehead atoms. The molecule has 0 amide bonds. The van der Waals surface area contributed by atoms with Crippen LogP contribution in [0.25, 0.3) is 0 Å². The minimum absolute atomic E-state index is 0.122. The van der Waals surface area contributed by atoms with Crippen LogP contribution in [-0.2, 0) is 10.2 Å². The fraction of sp³-hybridized carbons (Fsp3) is 0.682. The van der Waals surface area contributed by atoms with Crippen molar-refractivity contribution in [2.24, 2.45) is 11.8 Å². The molecule has 29 heavy (non-hydrogen) atoms. The van der Waals surface area contributed by atoms with Gasteiger partial charge < -0.3 is 9.47 Å². The third-order valence-corrected chi connectivity index (χ3v) is 9.08. The summed E-state index contributed by atoms with van der Waals surface area (Å²) in [5.41, 5.74) is 0.491. The van der Waals surface area contributed by atoms with Gasteiger partial charge >= 0.3 is 6.16 Å². The van der Waals surface area contributed by atoms with Gasteiger partial charge in [0.2, 0.25) is 0 Å². The fourth-order valence-electron chi connectivity index (χ4n) is 4.09. The topological polar surface area (TPSA) is 35.5 Å². The molecule has 2 unspecified atom stereocenters. The summed E-state index contributed by atoms with van der Waals surface area (Å²) < 4.78 is 12.7. The van der Waals surface area contributed by atoms with Crippen molar-refractivity contribution in [3.63, 3.8) is 0 Å². The predicted molar refractivity (Wildman–Crippen MR) is 134 cm³/mol. The number of rotatable bonds is 5. The molecule has 1 aliphatic rings. The van der Waals surface area contributed by atoms with Crippen molar-refractivity contribution in [1.82, 2.24) is 0 Å². The van der Waals surface area contributed by atoms with Gasteiger partial charge in [-0.1, -0.05) is 91.4 Å². The first-order valence-corrected chi connectivity index (χ1v) is 13.4. The van der Waals surface area contributed by atoms with Crippen LogP contribution in [0.4, 0.5) is 4.79 Å². The molecule has 1 saturated carbocycles. The van der Waals surface area contributed by atoms with Crippen LogP contribution < -0.4 is 4.74 Å². The second-order valence-corrected chi connectivity index (χ2v) is 13.2. The molecule has 0 aromatic heterocycles. The Labute approximate surface area is 208 Å². The van der Waals surface area contributed by atoms with E-state index in [2.05, 4.69) is 84.5 Å². The summed E-state index contributed by atoms with van der Waals surface area (Å²) >= 11 is 15.4. The van der Waals surface area contributed by atoms with Crippen molar-refractivity contribution in [2.45, 2.75) is 81.5 Å². The van der Waals surface area contributed by atoms with Gasteiger partial charge in [0.25, 0.3) is 0 Å². The zero-order valence-electron chi connectivity index (χ0n) is 17.8. The molecule has 1 aliphatic carbocycles. The molecule has 0 N–H and O–H groups in total. The summed E-state index contributed by atoms with van der Waals surface area (Å²) in [5.74, 6) is 1.55. The van der Waals surface area contributed by atoms with Crippen LogP contribution in [0.15, 0.2) is 21.1 Å². The highest BCUT2D eigenvalue weighted by Crippen LogP contribution is 2.51. The predicted octanol–water partition coefficient (Wildman–Crippen LogP) is 8.77. The summed E-state index contributed by atoms with van der Waals surface area (Å²) in [4.78, 5) is 13.0. The van der Waals surface area contributed by atoms with Gasteiger partial charge in [-0.2, -0.15) is 0 Å². The first-order chi connectivity index (χ1) is 13.3. The molecule has 1 aromatic carbocycles. The number of hydrogen-bond donors (Lipinski definition) is 0. The molecule has 164 valence electrons. The smallest absolute Gasteiger partial charge is 0.428 e. The van der Waals surface area contributed by atoms with E-state index in [1.807, 2.05) is 32.9 Å². The normalized spacial score (nSPS) is 25.6. The van der Waals surface area contributed by atoms with Gasteiger partial charge in [-0.3, -0.25) is 0 Å². The lowest BCUT2D eigenvalue weighted by atomic mass is 9.66. The third kappa shape index (κ3) is 6.23. The lowest BCUT2D eigenvalue weighted by molar-refractivity contribution is 0.00704. The lowest BCUT2D eigenvalue weighted by Gasteiger charge is -2.46. The van der Waals surface area contributed by atoms with Crippen LogP contribution in [-0.4, -0.2) is 21.4 Å². The molecule has 3 nitrogen and oxygen atoms in total. The first-order valence-electron chi connectivity index (χ1n) is 9.97. The second-order valence-electron chi connectivity index (χ2n) is 9.19. The monoisotopic (exact) mass is 658 g/mol. The van der Waals surface area contributed by atoms with E-state index in [4.69, 9.17) is 9.47 Å². The molecule has 0 heterocycles. The maximum absolute atomic E-state index is 12.2. The Morgan fingerprint density at radius 1 is 1.07 bits per heavy atom. The maximum Gasteiger partial charge on any atom is 0.514 e. The Morgan fingerprint density at radius 2 is 1.55 bits per heavy atom. The fourth-order valence-corrected chi connectivity index (χ4v) is 10.0. The highest BCUT2D eigenvalue weighted by molar-refractivity contribution is 9.11. The summed E-state index contributed by atoms with van der Waals surface area (Å²) in [6, 6.07) is 3.69. The highest BCUT2D eigenvalue weighted by atomic mass is 79.9. The number of carbonyl (C=O) groups is 1. The van der Waals surface area contributed by atoms with Crippen LogP contribution in [0.5, 0.6) is 5.75 Å². The molecule has 2 rings (SSSR count). The average molecular weight is 662 g/mol. The van der Waals surface area contributed by atoms with Crippen LogP contribution >= 0.6 is 63.7 Å². The Balaban J connectivity index is 2.30. The lowest BCUT2D eigenvalue weighted by Crippen LogP contribution is -2.45. The van der Waals surface area contributed by atoms with Crippen LogP contribution in [0.1, 0.15) is 66.4 Å². The molecular weight excluding hydrogens is 632 g/mol. The number of carbonyl (C=O) groups excluding carboxylic acids is 1. The number of ether oxygens (including phenoxy) is 2. The largest absolute Gasteiger partial charge is 0.514 e. The van der Waals surface area contributed by atoms with Crippen molar-refractivity contribution in [3.05, 3.63) is 26.6 Å². The van der Waals surface area contributed by atoms with E-state index in [1.54, 1.807) is 0 Å². The van der Waals surface area contributed by atoms with E-state index < -0.39 is 11.8 Å². The molecule has 2 atom stereocenters. The average Bonchev–Trinajstić information content (AvgIpc) is 2.51. The SMILES string of the molecule is CCC(C)(C)OC(=O)Oc1cc(Br)c(C(C)(C)C2C(Br)CC(C)CC2Br)c(Br)c1. The molecule has 0 spiro atoms. The molecule has 0 radical (unpaired) electrons. The molecule has 1 aromatic rings. The number of benzene rings is 1. The standard InChI is InChI=1S/C22H30Br4O3/c1-7-21(3,4)29-20(27)28-13-10-16(25)19(17(26)11-13)22(5,6)18-14(23)8-12(2)9-15(18)24/h10-12,14-15,18H,7-9H2,1-6H3. The summed E-state index contributed by atoms with van der Waals surface area (Å²) in [5, 5.41) is 0. The van der Waals surface area contributed by atoms with Crippen molar-refractivity contribution in [3.8, 4) is 5.75 Å². The van der Waals surface area contributed by atoms with E-state index in [-0.39, 0.29) is 5.41 Å². The molecule has 0 aliphatic heterocycles. The number of alkyl halides is 2. The first kappa shape index (κ1) is 25.7. The van der Waals surface area contributed by atoms with Gasteiger partial charge in [0, 0.05) is 18.6 Å². The van der Waals surface area contributed by atoms with Crippen LogP contribution in [0.2, 0.25) is 0 Å². The molecule has 1 fully saturated rings. The van der Waals surface area contributed by atoms with Crippen molar-refractivity contribution in [1.29, 1.82) is 0 Å². The molecular formula is C22H30Br4O3. The van der Waals surface area contributed by atoms with Crippen molar-refractivity contribution in [2.75, 3.05) is 0 Å². The number of hydrogen-bond acceptors (Lipinski definition) is 3. The zero-order chi connectivity index (χ0) is 22.1.